The molecule has 0 aromatic heterocycles. The summed E-state index contributed by atoms with van der Waals surface area (Å²) in [5, 5.41) is 0. The van der Waals surface area contributed by atoms with E-state index in [1.807, 2.05) is 0 Å². The summed E-state index contributed by atoms with van der Waals surface area (Å²) >= 11 is 0.0732. The van der Waals surface area contributed by atoms with Crippen molar-refractivity contribution >= 4 is 7.25 Å². The molecule has 0 atom stereocenters. The molecule has 0 spiro atoms. The van der Waals surface area contributed by atoms with Gasteiger partial charge in [0.25, 0.3) is 0 Å². The van der Waals surface area contributed by atoms with Gasteiger partial charge in [-0.3, -0.25) is 0 Å². The van der Waals surface area contributed by atoms with Crippen LogP contribution in [-0.4, -0.2) is 7.25 Å². The molecule has 0 aliphatic carbocycles. The first-order chi connectivity index (χ1) is 10.9. The van der Waals surface area contributed by atoms with Crippen LogP contribution in [0.5, 0.6) is 0 Å². The standard InChI is InChI=1S/C17H18I.BF4/c1-4-10-16(11-5-1)12-6-3-9-15-18-17-13-7-2-8-14-17;2-1(3,4)5/h1-2,4-5,7-11,13-15H,3,6,12H2;/q+1;-1/b15-9+;. The minimum Gasteiger partial charge on any atom is -0.418 e. The van der Waals surface area contributed by atoms with Crippen molar-refractivity contribution in [1.82, 2.24) is 0 Å². The molecule has 0 amide bonds. The van der Waals surface area contributed by atoms with Crippen LogP contribution in [-0.2, 0) is 6.42 Å². The second-order valence-corrected chi connectivity index (χ2v) is 7.23. The third-order valence-electron chi connectivity index (χ3n) is 2.69. The highest BCUT2D eigenvalue weighted by Gasteiger charge is 2.20. The third-order valence-corrected chi connectivity index (χ3v) is 5.00. The first-order valence-corrected chi connectivity index (χ1v) is 9.52. The quantitative estimate of drug-likeness (QED) is 0.283. The zero-order valence-electron chi connectivity index (χ0n) is 12.5. The number of rotatable bonds is 6. The van der Waals surface area contributed by atoms with Crippen LogP contribution in [0.1, 0.15) is 18.4 Å². The molecule has 0 aliphatic heterocycles. The molecule has 2 aromatic rings. The molecule has 0 saturated heterocycles. The van der Waals surface area contributed by atoms with Crippen molar-refractivity contribution in [3.8, 4) is 0 Å². The van der Waals surface area contributed by atoms with Gasteiger partial charge in [0.1, 0.15) is 0 Å². The van der Waals surface area contributed by atoms with E-state index in [-0.39, 0.29) is 21.2 Å². The first kappa shape index (κ1) is 19.7. The van der Waals surface area contributed by atoms with Crippen molar-refractivity contribution in [1.29, 1.82) is 0 Å². The van der Waals surface area contributed by atoms with E-state index >= 15 is 0 Å². The van der Waals surface area contributed by atoms with Crippen LogP contribution in [0.4, 0.5) is 17.3 Å². The van der Waals surface area contributed by atoms with Crippen LogP contribution in [0.15, 0.2) is 70.8 Å². The number of allylic oxidation sites excluding steroid dienone is 1. The van der Waals surface area contributed by atoms with Crippen molar-refractivity contribution in [2.75, 3.05) is 0 Å². The van der Waals surface area contributed by atoms with Gasteiger partial charge in [-0.1, -0.05) is 48.5 Å². The van der Waals surface area contributed by atoms with Gasteiger partial charge in [-0.2, -0.15) is 0 Å². The lowest BCUT2D eigenvalue weighted by Crippen LogP contribution is -3.59. The van der Waals surface area contributed by atoms with Crippen molar-refractivity contribution in [2.24, 2.45) is 0 Å². The normalized spacial score (nSPS) is 11.1. The van der Waals surface area contributed by atoms with Crippen LogP contribution in [0, 0.1) is 3.57 Å². The number of aryl methyl sites for hydroxylation is 1. The predicted octanol–water partition coefficient (Wildman–Crippen LogP) is 2.78. The molecule has 23 heavy (non-hydrogen) atoms. The Balaban J connectivity index is 0.000000463. The van der Waals surface area contributed by atoms with E-state index in [0.717, 1.165) is 0 Å². The molecule has 124 valence electrons. The first-order valence-electron chi connectivity index (χ1n) is 7.20. The fourth-order valence-corrected chi connectivity index (χ4v) is 3.60. The van der Waals surface area contributed by atoms with Gasteiger partial charge in [0, 0.05) is 0 Å². The van der Waals surface area contributed by atoms with Gasteiger partial charge in [0.05, 0.1) is 0 Å². The maximum atomic E-state index is 9.75. The van der Waals surface area contributed by atoms with Crippen LogP contribution >= 0.6 is 0 Å². The molecule has 0 heterocycles. The summed E-state index contributed by atoms with van der Waals surface area (Å²) < 4.78 is 42.9. The van der Waals surface area contributed by atoms with E-state index in [1.54, 1.807) is 0 Å². The van der Waals surface area contributed by atoms with E-state index < -0.39 is 7.25 Å². The molecule has 0 fully saturated rings. The Labute approximate surface area is 145 Å². The van der Waals surface area contributed by atoms with Crippen LogP contribution in [0.25, 0.3) is 0 Å². The van der Waals surface area contributed by atoms with Crippen LogP contribution in [0.2, 0.25) is 0 Å². The van der Waals surface area contributed by atoms with Gasteiger partial charge in [0.2, 0.25) is 0 Å². The molecule has 2 aromatic carbocycles. The highest BCUT2D eigenvalue weighted by molar-refractivity contribution is 6.50. The van der Waals surface area contributed by atoms with Crippen molar-refractivity contribution in [2.45, 2.75) is 19.3 Å². The van der Waals surface area contributed by atoms with E-state index in [1.165, 1.54) is 28.4 Å². The molecule has 0 bridgehead atoms. The number of benzene rings is 2. The summed E-state index contributed by atoms with van der Waals surface area (Å²) in [7, 11) is -6.00. The SMILES string of the molecule is C(=C\[I+]c1ccccc1)/CCCc1ccccc1.F[B-](F)(F)F. The monoisotopic (exact) mass is 436 g/mol. The maximum absolute atomic E-state index is 9.75. The average molecular weight is 436 g/mol. The molecule has 0 saturated carbocycles. The van der Waals surface area contributed by atoms with E-state index in [2.05, 4.69) is 70.8 Å². The lowest BCUT2D eigenvalue weighted by Gasteiger charge is -1.97. The van der Waals surface area contributed by atoms with Gasteiger partial charge in [-0.05, 0) is 43.0 Å². The summed E-state index contributed by atoms with van der Waals surface area (Å²) in [6.07, 6.45) is 5.98. The minimum absolute atomic E-state index is 0.0732. The van der Waals surface area contributed by atoms with Gasteiger partial charge >= 0.3 is 28.5 Å². The molecular formula is C17H18BF4I. The average Bonchev–Trinajstić information content (AvgIpc) is 2.51. The van der Waals surface area contributed by atoms with Crippen molar-refractivity contribution in [3.05, 3.63) is 80.0 Å². The zero-order valence-corrected chi connectivity index (χ0v) is 14.7. The number of hydrogen-bond donors (Lipinski definition) is 0. The van der Waals surface area contributed by atoms with E-state index in [4.69, 9.17) is 0 Å². The Kier molecular flexibility index (Phi) is 9.67. The fourth-order valence-electron chi connectivity index (χ4n) is 1.74. The summed E-state index contributed by atoms with van der Waals surface area (Å²) in [5.74, 6) is 0. The Morgan fingerprint density at radius 3 is 1.91 bits per heavy atom. The second kappa shape index (κ2) is 11.3. The Bertz CT molecular complexity index is 550. The number of unbranched alkanes of at least 4 members (excludes halogenated alkanes) is 1. The van der Waals surface area contributed by atoms with Crippen LogP contribution < -0.4 is 21.2 Å². The second-order valence-electron chi connectivity index (χ2n) is 4.64. The van der Waals surface area contributed by atoms with Crippen molar-refractivity contribution in [3.63, 3.8) is 0 Å². The number of halogens is 5. The molecular weight excluding hydrogens is 418 g/mol. The predicted molar refractivity (Wildman–Crippen MR) is 83.8 cm³/mol. The maximum Gasteiger partial charge on any atom is 0.673 e. The summed E-state index contributed by atoms with van der Waals surface area (Å²) in [5.41, 5.74) is 1.45. The molecule has 2 rings (SSSR count). The molecule has 0 N–H and O–H groups in total. The lowest BCUT2D eigenvalue weighted by molar-refractivity contribution is -0.557. The Morgan fingerprint density at radius 2 is 1.35 bits per heavy atom. The number of hydrogen-bond acceptors (Lipinski definition) is 0. The Hall–Kier alpha value is -1.31. The summed E-state index contributed by atoms with van der Waals surface area (Å²) in [6.45, 7) is 0. The fraction of sp³-hybridized carbons (Fsp3) is 0.176. The third kappa shape index (κ3) is 12.9. The largest absolute Gasteiger partial charge is 0.673 e. The van der Waals surface area contributed by atoms with E-state index in [9.17, 15) is 17.3 Å². The molecule has 0 nitrogen and oxygen atoms in total. The highest BCUT2D eigenvalue weighted by atomic mass is 127. The Morgan fingerprint density at radius 1 is 0.826 bits per heavy atom. The summed E-state index contributed by atoms with van der Waals surface area (Å²) in [6, 6.07) is 21.5. The highest BCUT2D eigenvalue weighted by Crippen LogP contribution is 2.06. The topological polar surface area (TPSA) is 0 Å². The lowest BCUT2D eigenvalue weighted by atomic mass is 10.1. The van der Waals surface area contributed by atoms with Gasteiger partial charge in [0.15, 0.2) is 7.65 Å². The van der Waals surface area contributed by atoms with Crippen molar-refractivity contribution < 1.29 is 38.5 Å². The smallest absolute Gasteiger partial charge is 0.418 e. The van der Waals surface area contributed by atoms with Crippen LogP contribution in [0.3, 0.4) is 0 Å². The molecule has 0 unspecified atom stereocenters. The molecule has 0 aliphatic rings. The van der Waals surface area contributed by atoms with Gasteiger partial charge in [-0.15, -0.1) is 0 Å². The zero-order chi connectivity index (χ0) is 17.0. The minimum atomic E-state index is -6.00. The molecule has 6 heteroatoms. The van der Waals surface area contributed by atoms with E-state index in [0.29, 0.717) is 0 Å². The van der Waals surface area contributed by atoms with Gasteiger partial charge < -0.3 is 17.3 Å². The summed E-state index contributed by atoms with van der Waals surface area (Å²) in [4.78, 5) is 0. The molecule has 0 radical (unpaired) electrons. The van der Waals surface area contributed by atoms with Gasteiger partial charge in [-0.25, -0.2) is 0 Å².